The highest BCUT2D eigenvalue weighted by molar-refractivity contribution is 6.11. The Kier molecular flexibility index (Phi) is 4.59. The van der Waals surface area contributed by atoms with Gasteiger partial charge in [-0.2, -0.15) is 0 Å². The van der Waals surface area contributed by atoms with Crippen LogP contribution in [0.1, 0.15) is 31.7 Å². The second kappa shape index (κ2) is 7.20. The summed E-state index contributed by atoms with van der Waals surface area (Å²) in [7, 11) is 1.80. The summed E-state index contributed by atoms with van der Waals surface area (Å²) in [6.45, 7) is 2.28. The van der Waals surface area contributed by atoms with Crippen LogP contribution in [0, 0.1) is 5.92 Å². The Morgan fingerprint density at radius 2 is 1.71 bits per heavy atom. The minimum Gasteiger partial charge on any atom is -0.326 e. The summed E-state index contributed by atoms with van der Waals surface area (Å²) in [5.41, 5.74) is 2.20. The van der Waals surface area contributed by atoms with Gasteiger partial charge in [-0.3, -0.25) is 19.3 Å². The van der Waals surface area contributed by atoms with Crippen LogP contribution < -0.4 is 15.5 Å². The number of anilines is 3. The summed E-state index contributed by atoms with van der Waals surface area (Å²) in [4.78, 5) is 42.5. The zero-order chi connectivity index (χ0) is 21.8. The fourth-order valence-corrected chi connectivity index (χ4v) is 5.74. The highest BCUT2D eigenvalue weighted by atomic mass is 16.2. The van der Waals surface area contributed by atoms with Gasteiger partial charge < -0.3 is 15.5 Å². The number of para-hydroxylation sites is 1. The Morgan fingerprint density at radius 1 is 1.03 bits per heavy atom. The second-order valence-electron chi connectivity index (χ2n) is 8.67. The van der Waals surface area contributed by atoms with Crippen LogP contribution >= 0.6 is 0 Å². The molecule has 0 bridgehead atoms. The van der Waals surface area contributed by atoms with Crippen molar-refractivity contribution in [2.45, 2.75) is 37.8 Å². The Labute approximate surface area is 181 Å². The van der Waals surface area contributed by atoms with Gasteiger partial charge in [0.25, 0.3) is 5.91 Å². The minimum absolute atomic E-state index is 0.0146. The van der Waals surface area contributed by atoms with Crippen LogP contribution in [0.4, 0.5) is 17.1 Å². The molecule has 7 heteroatoms. The van der Waals surface area contributed by atoms with Gasteiger partial charge in [0.15, 0.2) is 0 Å². The number of hydrogen-bond donors (Lipinski definition) is 2. The van der Waals surface area contributed by atoms with E-state index in [9.17, 15) is 14.4 Å². The molecule has 2 N–H and O–H groups in total. The van der Waals surface area contributed by atoms with E-state index in [4.69, 9.17) is 0 Å². The molecule has 0 aromatic heterocycles. The van der Waals surface area contributed by atoms with Crippen molar-refractivity contribution >= 4 is 34.8 Å². The van der Waals surface area contributed by atoms with Crippen LogP contribution in [0.15, 0.2) is 48.5 Å². The summed E-state index contributed by atoms with van der Waals surface area (Å²) in [5, 5.41) is 5.74. The molecular formula is C24H26N4O3. The molecule has 3 unspecified atom stereocenters. The quantitative estimate of drug-likeness (QED) is 0.803. The number of benzene rings is 2. The SMILES string of the molecule is CC(=O)Nc1ccc(NC(=O)C2CC3CCCN3C23C(=O)N(C)c2ccccc23)cc1. The first kappa shape index (κ1) is 19.8. The molecule has 7 nitrogen and oxygen atoms in total. The Hall–Kier alpha value is -3.19. The molecule has 3 amide bonds. The Bertz CT molecular complexity index is 1070. The van der Waals surface area contributed by atoms with Gasteiger partial charge in [0.2, 0.25) is 11.8 Å². The van der Waals surface area contributed by atoms with Gasteiger partial charge in [-0.1, -0.05) is 18.2 Å². The first-order valence-electron chi connectivity index (χ1n) is 10.8. The molecular weight excluding hydrogens is 392 g/mol. The third-order valence-electron chi connectivity index (χ3n) is 6.94. The smallest absolute Gasteiger partial charge is 0.252 e. The normalized spacial score (nSPS) is 26.8. The molecule has 2 aromatic carbocycles. The van der Waals surface area contributed by atoms with E-state index in [1.807, 2.05) is 24.3 Å². The zero-order valence-corrected chi connectivity index (χ0v) is 17.7. The summed E-state index contributed by atoms with van der Waals surface area (Å²) >= 11 is 0. The van der Waals surface area contributed by atoms with Crippen LogP contribution in [0.3, 0.4) is 0 Å². The number of nitrogens with zero attached hydrogens (tertiary/aromatic N) is 2. The van der Waals surface area contributed by atoms with E-state index in [0.29, 0.717) is 17.8 Å². The summed E-state index contributed by atoms with van der Waals surface area (Å²) < 4.78 is 0. The standard InChI is InChI=1S/C24H26N4O3/c1-15(29)25-16-9-11-17(12-10-16)26-22(30)20-14-18-6-5-13-28(18)24(20)19-7-3-4-8-21(19)27(2)23(24)31/h3-4,7-12,18,20H,5-6,13-14H2,1-2H3,(H,25,29)(H,26,30). The van der Waals surface area contributed by atoms with Gasteiger partial charge in [0.05, 0.1) is 5.92 Å². The van der Waals surface area contributed by atoms with E-state index in [2.05, 4.69) is 15.5 Å². The molecule has 2 saturated heterocycles. The van der Waals surface area contributed by atoms with Crippen molar-refractivity contribution in [3.63, 3.8) is 0 Å². The van der Waals surface area contributed by atoms with Crippen molar-refractivity contribution < 1.29 is 14.4 Å². The largest absolute Gasteiger partial charge is 0.326 e. The highest BCUT2D eigenvalue weighted by Crippen LogP contribution is 2.56. The van der Waals surface area contributed by atoms with Crippen molar-refractivity contribution in [1.29, 1.82) is 0 Å². The maximum absolute atomic E-state index is 13.7. The Morgan fingerprint density at radius 3 is 2.42 bits per heavy atom. The molecule has 3 atom stereocenters. The number of fused-ring (bicyclic) bond motifs is 4. The lowest BCUT2D eigenvalue weighted by Crippen LogP contribution is -2.55. The topological polar surface area (TPSA) is 81.8 Å². The lowest BCUT2D eigenvalue weighted by atomic mass is 9.78. The van der Waals surface area contributed by atoms with E-state index >= 15 is 0 Å². The third kappa shape index (κ3) is 2.87. The molecule has 2 fully saturated rings. The minimum atomic E-state index is -0.938. The highest BCUT2D eigenvalue weighted by Gasteiger charge is 2.66. The number of carbonyl (C=O) groups is 3. The number of nitrogens with one attached hydrogen (secondary N) is 2. The zero-order valence-electron chi connectivity index (χ0n) is 17.7. The number of rotatable bonds is 3. The van der Waals surface area contributed by atoms with E-state index in [1.165, 1.54) is 6.92 Å². The molecule has 2 aromatic rings. The lowest BCUT2D eigenvalue weighted by Gasteiger charge is -2.37. The van der Waals surface area contributed by atoms with Crippen molar-refractivity contribution in [1.82, 2.24) is 4.90 Å². The lowest BCUT2D eigenvalue weighted by molar-refractivity contribution is -0.136. The number of likely N-dealkylation sites (N-methyl/N-ethyl adjacent to an activating group) is 1. The van der Waals surface area contributed by atoms with Gasteiger partial charge in [0, 0.05) is 42.6 Å². The fourth-order valence-electron chi connectivity index (χ4n) is 5.74. The number of hydrogen-bond acceptors (Lipinski definition) is 4. The van der Waals surface area contributed by atoms with Crippen LogP contribution in [0.5, 0.6) is 0 Å². The van der Waals surface area contributed by atoms with Crippen molar-refractivity contribution in [2.75, 3.05) is 29.1 Å². The molecule has 3 aliphatic rings. The van der Waals surface area contributed by atoms with Crippen LogP contribution in [-0.2, 0) is 19.9 Å². The summed E-state index contributed by atoms with van der Waals surface area (Å²) in [6, 6.07) is 15.1. The fraction of sp³-hybridized carbons (Fsp3) is 0.375. The molecule has 3 aliphatic heterocycles. The predicted molar refractivity (Wildman–Crippen MR) is 119 cm³/mol. The summed E-state index contributed by atoms with van der Waals surface area (Å²) in [6.07, 6.45) is 2.73. The van der Waals surface area contributed by atoms with Crippen LogP contribution in [0.25, 0.3) is 0 Å². The van der Waals surface area contributed by atoms with Gasteiger partial charge in [-0.25, -0.2) is 0 Å². The Balaban J connectivity index is 1.49. The number of amides is 3. The van der Waals surface area contributed by atoms with Crippen LogP contribution in [-0.4, -0.2) is 42.3 Å². The van der Waals surface area contributed by atoms with Crippen molar-refractivity contribution in [3.8, 4) is 0 Å². The molecule has 5 rings (SSSR count). The first-order valence-corrected chi connectivity index (χ1v) is 10.8. The van der Waals surface area contributed by atoms with Gasteiger partial charge in [-0.15, -0.1) is 0 Å². The molecule has 1 spiro atoms. The molecule has 0 saturated carbocycles. The molecule has 31 heavy (non-hydrogen) atoms. The molecule has 160 valence electrons. The van der Waals surface area contributed by atoms with Crippen molar-refractivity contribution in [3.05, 3.63) is 54.1 Å². The monoisotopic (exact) mass is 418 g/mol. The summed E-state index contributed by atoms with van der Waals surface area (Å²) in [5.74, 6) is -0.765. The van der Waals surface area contributed by atoms with Gasteiger partial charge in [0.1, 0.15) is 5.54 Å². The van der Waals surface area contributed by atoms with E-state index in [0.717, 1.165) is 30.6 Å². The molecule has 0 aliphatic carbocycles. The van der Waals surface area contributed by atoms with Gasteiger partial charge in [-0.05, 0) is 56.1 Å². The van der Waals surface area contributed by atoms with Gasteiger partial charge >= 0.3 is 0 Å². The number of carbonyl (C=O) groups excluding carboxylic acids is 3. The average Bonchev–Trinajstić information content (AvgIpc) is 3.39. The first-order chi connectivity index (χ1) is 14.9. The maximum atomic E-state index is 13.7. The van der Waals surface area contributed by atoms with Crippen LogP contribution in [0.2, 0.25) is 0 Å². The maximum Gasteiger partial charge on any atom is 0.252 e. The average molecular weight is 418 g/mol. The molecule has 0 radical (unpaired) electrons. The van der Waals surface area contributed by atoms with E-state index < -0.39 is 11.5 Å². The third-order valence-corrected chi connectivity index (χ3v) is 6.94. The second-order valence-corrected chi connectivity index (χ2v) is 8.67. The van der Waals surface area contributed by atoms with E-state index in [-0.39, 0.29) is 23.8 Å². The van der Waals surface area contributed by atoms with Crippen molar-refractivity contribution in [2.24, 2.45) is 5.92 Å². The molecule has 3 heterocycles. The predicted octanol–water partition coefficient (Wildman–Crippen LogP) is 2.94. The van der Waals surface area contributed by atoms with E-state index in [1.54, 1.807) is 36.2 Å².